The van der Waals surface area contributed by atoms with Gasteiger partial charge in [0, 0.05) is 39.4 Å². The molecule has 2 saturated carbocycles. The molecule has 3 fully saturated rings. The molecule has 5 nitrogen and oxygen atoms in total. The first-order valence-corrected chi connectivity index (χ1v) is 12.3. The van der Waals surface area contributed by atoms with Crippen molar-refractivity contribution in [3.63, 3.8) is 0 Å². The summed E-state index contributed by atoms with van der Waals surface area (Å²) < 4.78 is 13.1. The lowest BCUT2D eigenvalue weighted by Gasteiger charge is -2.67. The number of aliphatic hydroxyl groups is 2. The number of hydrogen-bond acceptors (Lipinski definition) is 4. The second-order valence-corrected chi connectivity index (χ2v) is 12.1. The SMILES string of the molecule is C=C1C=C2[C@@]3(CC[C@]4(C)[C@@]5(C)c6[nH]c7ccccc7c6C[C@@H]5C[C@H](O)[C@@]24O)O[C@@H]1C(C)(C)O3. The largest absolute Gasteiger partial charge is 0.390 e. The van der Waals surface area contributed by atoms with Crippen molar-refractivity contribution in [1.82, 2.24) is 4.98 Å². The molecule has 33 heavy (non-hydrogen) atoms. The van der Waals surface area contributed by atoms with E-state index < -0.39 is 28.5 Å². The van der Waals surface area contributed by atoms with Crippen LogP contribution in [0.25, 0.3) is 10.9 Å². The molecule has 2 aliphatic heterocycles. The zero-order valence-corrected chi connectivity index (χ0v) is 19.9. The molecule has 7 atom stereocenters. The summed E-state index contributed by atoms with van der Waals surface area (Å²) in [5, 5.41) is 25.6. The normalized spacial score (nSPS) is 47.0. The van der Waals surface area contributed by atoms with Gasteiger partial charge in [-0.3, -0.25) is 0 Å². The molecule has 3 N–H and O–H groups in total. The molecule has 5 heteroatoms. The van der Waals surface area contributed by atoms with E-state index in [9.17, 15) is 10.2 Å². The van der Waals surface area contributed by atoms with Gasteiger partial charge < -0.3 is 24.7 Å². The van der Waals surface area contributed by atoms with Gasteiger partial charge in [0.05, 0.1) is 11.7 Å². The molecule has 1 aromatic carbocycles. The number of fused-ring (bicyclic) bond motifs is 9. The third-order valence-electron chi connectivity index (χ3n) is 10.4. The maximum atomic E-state index is 12.7. The Labute approximate surface area is 194 Å². The topological polar surface area (TPSA) is 74.7 Å². The van der Waals surface area contributed by atoms with Crippen LogP contribution in [0, 0.1) is 11.3 Å². The average Bonchev–Trinajstić information content (AvgIpc) is 3.34. The third-order valence-corrected chi connectivity index (χ3v) is 10.4. The van der Waals surface area contributed by atoms with E-state index >= 15 is 0 Å². The molecule has 5 aliphatic rings. The number of benzene rings is 1. The molecule has 1 aromatic heterocycles. The van der Waals surface area contributed by atoms with Crippen molar-refractivity contribution in [1.29, 1.82) is 0 Å². The van der Waals surface area contributed by atoms with Crippen LogP contribution in [0.2, 0.25) is 0 Å². The van der Waals surface area contributed by atoms with Crippen LogP contribution in [0.15, 0.2) is 48.1 Å². The van der Waals surface area contributed by atoms with Crippen molar-refractivity contribution >= 4 is 10.9 Å². The van der Waals surface area contributed by atoms with Crippen molar-refractivity contribution < 1.29 is 19.7 Å². The Bertz CT molecular complexity index is 1270. The molecule has 1 saturated heterocycles. The Morgan fingerprint density at radius 3 is 2.67 bits per heavy atom. The lowest BCUT2D eigenvalue weighted by atomic mass is 9.41. The van der Waals surface area contributed by atoms with E-state index in [1.807, 2.05) is 19.9 Å². The Kier molecular flexibility index (Phi) is 3.50. The minimum atomic E-state index is -1.48. The lowest BCUT2D eigenvalue weighted by Crippen LogP contribution is -2.74. The summed E-state index contributed by atoms with van der Waals surface area (Å²) in [4.78, 5) is 3.74. The van der Waals surface area contributed by atoms with Gasteiger partial charge in [-0.1, -0.05) is 38.6 Å². The molecule has 0 radical (unpaired) electrons. The zero-order chi connectivity index (χ0) is 23.2. The van der Waals surface area contributed by atoms with Gasteiger partial charge in [-0.05, 0) is 62.3 Å². The van der Waals surface area contributed by atoms with Gasteiger partial charge in [0.15, 0.2) is 5.79 Å². The van der Waals surface area contributed by atoms with E-state index in [0.29, 0.717) is 24.8 Å². The van der Waals surface area contributed by atoms with Crippen molar-refractivity contribution in [2.75, 3.05) is 0 Å². The number of hydrogen-bond donors (Lipinski definition) is 3. The second-order valence-electron chi connectivity index (χ2n) is 12.1. The molecule has 7 rings (SSSR count). The predicted octanol–water partition coefficient (Wildman–Crippen LogP) is 4.28. The Balaban J connectivity index is 1.46. The van der Waals surface area contributed by atoms with E-state index in [1.165, 1.54) is 16.6 Å². The first-order chi connectivity index (χ1) is 15.5. The number of aromatic amines is 1. The van der Waals surface area contributed by atoms with Gasteiger partial charge >= 0.3 is 0 Å². The van der Waals surface area contributed by atoms with Crippen LogP contribution in [-0.2, 0) is 21.3 Å². The molecule has 3 heterocycles. The molecule has 2 aromatic rings. The molecule has 0 amide bonds. The highest BCUT2D eigenvalue weighted by Gasteiger charge is 2.77. The Hall–Kier alpha value is -1.92. The number of para-hydroxylation sites is 1. The summed E-state index contributed by atoms with van der Waals surface area (Å²) >= 11 is 0. The molecule has 3 aliphatic carbocycles. The van der Waals surface area contributed by atoms with Crippen molar-refractivity contribution in [3.05, 3.63) is 59.3 Å². The van der Waals surface area contributed by atoms with Gasteiger partial charge in [0.25, 0.3) is 0 Å². The molecule has 0 unspecified atom stereocenters. The van der Waals surface area contributed by atoms with E-state index in [-0.39, 0.29) is 17.4 Å². The van der Waals surface area contributed by atoms with Crippen LogP contribution in [0.3, 0.4) is 0 Å². The van der Waals surface area contributed by atoms with Gasteiger partial charge in [-0.25, -0.2) is 0 Å². The number of aliphatic hydroxyl groups excluding tert-OH is 1. The van der Waals surface area contributed by atoms with Gasteiger partial charge in [-0.2, -0.15) is 0 Å². The third kappa shape index (κ3) is 1.99. The van der Waals surface area contributed by atoms with Crippen LogP contribution < -0.4 is 0 Å². The highest BCUT2D eigenvalue weighted by atomic mass is 16.8. The van der Waals surface area contributed by atoms with E-state index in [2.05, 4.69) is 49.7 Å². The fraction of sp³-hybridized carbons (Fsp3) is 0.571. The maximum absolute atomic E-state index is 12.7. The molecule has 174 valence electrons. The summed E-state index contributed by atoms with van der Waals surface area (Å²) in [6.07, 6.45) is 3.62. The predicted molar refractivity (Wildman–Crippen MR) is 126 cm³/mol. The number of aromatic nitrogens is 1. The highest BCUT2D eigenvalue weighted by molar-refractivity contribution is 5.86. The van der Waals surface area contributed by atoms with Crippen LogP contribution in [0.5, 0.6) is 0 Å². The van der Waals surface area contributed by atoms with E-state index in [1.54, 1.807) is 0 Å². The number of rotatable bonds is 0. The van der Waals surface area contributed by atoms with Crippen LogP contribution in [0.4, 0.5) is 0 Å². The first-order valence-electron chi connectivity index (χ1n) is 12.3. The molecular formula is C28H33NO4. The van der Waals surface area contributed by atoms with Crippen molar-refractivity contribution in [3.8, 4) is 0 Å². The Morgan fingerprint density at radius 1 is 1.12 bits per heavy atom. The van der Waals surface area contributed by atoms with Crippen LogP contribution >= 0.6 is 0 Å². The minimum absolute atomic E-state index is 0.245. The molecule has 2 bridgehead atoms. The van der Waals surface area contributed by atoms with Gasteiger partial charge in [0.1, 0.15) is 11.7 Å². The zero-order valence-electron chi connectivity index (χ0n) is 19.9. The summed E-state index contributed by atoms with van der Waals surface area (Å²) in [7, 11) is 0. The summed E-state index contributed by atoms with van der Waals surface area (Å²) in [6, 6.07) is 8.46. The van der Waals surface area contributed by atoms with Crippen molar-refractivity contribution in [2.45, 2.75) is 88.0 Å². The van der Waals surface area contributed by atoms with Crippen molar-refractivity contribution in [2.24, 2.45) is 11.3 Å². The number of H-pyrrole nitrogens is 1. The molecular weight excluding hydrogens is 414 g/mol. The summed E-state index contributed by atoms with van der Waals surface area (Å²) in [5.41, 5.74) is 2.21. The summed E-state index contributed by atoms with van der Waals surface area (Å²) in [5.74, 6) is -0.755. The number of ether oxygens (including phenoxy) is 2. The standard InChI is InChI=1S/C28H33NO4/c1-15-12-20-27(32-23(15)24(2,3)33-27)11-10-25(4)26(5)16(14-21(30)28(20,25)31)13-18-17-8-6-7-9-19(17)29-22(18)26/h6-9,12,16,21,23,29-31H,1,10-11,13-14H2,2-5H3/t16-,21+,23+,25-,26-,27+,28+/m1/s1. The Morgan fingerprint density at radius 2 is 1.88 bits per heavy atom. The van der Waals surface area contributed by atoms with Gasteiger partial charge in [0.2, 0.25) is 0 Å². The molecule has 1 spiro atoms. The monoisotopic (exact) mass is 447 g/mol. The fourth-order valence-electron chi connectivity index (χ4n) is 8.59. The van der Waals surface area contributed by atoms with E-state index in [4.69, 9.17) is 9.47 Å². The average molecular weight is 448 g/mol. The van der Waals surface area contributed by atoms with Gasteiger partial charge in [-0.15, -0.1) is 0 Å². The fourth-order valence-corrected chi connectivity index (χ4v) is 8.59. The second kappa shape index (κ2) is 5.65. The smallest absolute Gasteiger partial charge is 0.195 e. The maximum Gasteiger partial charge on any atom is 0.195 e. The lowest BCUT2D eigenvalue weighted by molar-refractivity contribution is -0.273. The first kappa shape index (κ1) is 20.5. The summed E-state index contributed by atoms with van der Waals surface area (Å²) in [6.45, 7) is 12.8. The van der Waals surface area contributed by atoms with Crippen LogP contribution in [0.1, 0.15) is 58.2 Å². The van der Waals surface area contributed by atoms with E-state index in [0.717, 1.165) is 17.5 Å². The minimum Gasteiger partial charge on any atom is -0.390 e. The number of nitrogens with one attached hydrogen (secondary N) is 1. The highest BCUT2D eigenvalue weighted by Crippen LogP contribution is 2.72. The van der Waals surface area contributed by atoms with Crippen LogP contribution in [-0.4, -0.2) is 44.4 Å². The quantitative estimate of drug-likeness (QED) is 0.564.